The van der Waals surface area contributed by atoms with Crippen molar-refractivity contribution in [2.45, 2.75) is 31.7 Å². The van der Waals surface area contributed by atoms with E-state index in [9.17, 15) is 4.79 Å². The Morgan fingerprint density at radius 3 is 2.67 bits per heavy atom. The Kier molecular flexibility index (Phi) is 7.87. The first-order valence-electron chi connectivity index (χ1n) is 10.3. The second kappa shape index (κ2) is 10.6. The molecule has 30 heavy (non-hydrogen) atoms. The maximum Gasteiger partial charge on any atom is 0.226 e. The number of aromatic nitrogens is 2. The second-order valence-electron chi connectivity index (χ2n) is 7.81. The molecule has 3 rings (SSSR count). The molecule has 1 saturated heterocycles. The van der Waals surface area contributed by atoms with E-state index in [1.165, 1.54) is 0 Å². The summed E-state index contributed by atoms with van der Waals surface area (Å²) >= 11 is 5.87. The molecule has 8 heteroatoms. The van der Waals surface area contributed by atoms with E-state index in [2.05, 4.69) is 16.4 Å². The van der Waals surface area contributed by atoms with Gasteiger partial charge >= 0.3 is 0 Å². The number of carbonyl (C=O) groups excluding carboxylic acids is 1. The normalized spacial score (nSPS) is 16.2. The van der Waals surface area contributed by atoms with Gasteiger partial charge in [-0.25, -0.2) is 9.97 Å². The van der Waals surface area contributed by atoms with Gasteiger partial charge < -0.3 is 19.9 Å². The molecule has 1 atom stereocenters. The summed E-state index contributed by atoms with van der Waals surface area (Å²) in [6.07, 6.45) is 2.55. The van der Waals surface area contributed by atoms with Gasteiger partial charge in [0.15, 0.2) is 0 Å². The summed E-state index contributed by atoms with van der Waals surface area (Å²) in [7, 11) is 5.72. The Morgan fingerprint density at radius 1 is 1.23 bits per heavy atom. The number of halogens is 1. The van der Waals surface area contributed by atoms with Crippen LogP contribution in [0.4, 0.5) is 5.82 Å². The van der Waals surface area contributed by atoms with Crippen LogP contribution in [0, 0.1) is 0 Å². The minimum absolute atomic E-state index is 0.0105. The Bertz CT molecular complexity index is 838. The highest BCUT2D eigenvalue weighted by Crippen LogP contribution is 2.24. The zero-order chi connectivity index (χ0) is 21.5. The summed E-state index contributed by atoms with van der Waals surface area (Å²) < 4.78 is 5.63. The minimum Gasteiger partial charge on any atom is -0.493 e. The van der Waals surface area contributed by atoms with Crippen molar-refractivity contribution in [3.8, 4) is 5.75 Å². The standard InChI is InChI=1S/C22H30ClN5O2/c1-27(2)21-13-19(16-5-4-11-24-14-16)25-20(26-21)15-28(3)22(29)10-12-30-18-8-6-17(23)7-9-18/h6-9,13,16,24H,4-5,10-12,14-15H2,1-3H3/t16-/m0/s1. The third kappa shape index (κ3) is 6.31. The van der Waals surface area contributed by atoms with Crippen molar-refractivity contribution in [1.82, 2.24) is 20.2 Å². The average molecular weight is 432 g/mol. The topological polar surface area (TPSA) is 70.6 Å². The van der Waals surface area contributed by atoms with Crippen molar-refractivity contribution in [2.75, 3.05) is 45.7 Å². The number of nitrogens with zero attached hydrogens (tertiary/aromatic N) is 4. The van der Waals surface area contributed by atoms with E-state index in [0.29, 0.717) is 35.7 Å². The van der Waals surface area contributed by atoms with Gasteiger partial charge in [-0.05, 0) is 43.7 Å². The third-order valence-electron chi connectivity index (χ3n) is 5.15. The predicted octanol–water partition coefficient (Wildman–Crippen LogP) is 3.09. The maximum atomic E-state index is 12.5. The van der Waals surface area contributed by atoms with Gasteiger partial charge in [0, 0.05) is 44.7 Å². The largest absolute Gasteiger partial charge is 0.493 e. The number of ether oxygens (including phenoxy) is 1. The Hall–Kier alpha value is -2.38. The summed E-state index contributed by atoms with van der Waals surface area (Å²) in [6.45, 7) is 2.67. The van der Waals surface area contributed by atoms with Gasteiger partial charge in [0.1, 0.15) is 17.4 Å². The Morgan fingerprint density at radius 2 is 2.00 bits per heavy atom. The number of carbonyl (C=O) groups is 1. The van der Waals surface area contributed by atoms with Crippen LogP contribution in [0.3, 0.4) is 0 Å². The Labute approximate surface area is 183 Å². The maximum absolute atomic E-state index is 12.5. The molecule has 0 radical (unpaired) electrons. The van der Waals surface area contributed by atoms with Crippen LogP contribution < -0.4 is 15.0 Å². The molecule has 2 heterocycles. The predicted molar refractivity (Wildman–Crippen MR) is 119 cm³/mol. The highest BCUT2D eigenvalue weighted by Gasteiger charge is 2.20. The van der Waals surface area contributed by atoms with Crippen LogP contribution in [0.1, 0.15) is 36.7 Å². The molecule has 2 aromatic rings. The fraction of sp³-hybridized carbons (Fsp3) is 0.500. The molecule has 0 saturated carbocycles. The van der Waals surface area contributed by atoms with E-state index < -0.39 is 0 Å². The second-order valence-corrected chi connectivity index (χ2v) is 8.24. The van der Waals surface area contributed by atoms with Gasteiger partial charge in [-0.3, -0.25) is 4.79 Å². The van der Waals surface area contributed by atoms with Crippen molar-refractivity contribution in [3.05, 3.63) is 46.9 Å². The average Bonchev–Trinajstić information content (AvgIpc) is 2.75. The molecule has 0 spiro atoms. The molecule has 0 unspecified atom stereocenters. The molecule has 1 aromatic carbocycles. The molecule has 1 aliphatic heterocycles. The highest BCUT2D eigenvalue weighted by atomic mass is 35.5. The summed E-state index contributed by atoms with van der Waals surface area (Å²) in [5, 5.41) is 4.09. The summed E-state index contributed by atoms with van der Waals surface area (Å²) in [5.41, 5.74) is 1.04. The lowest BCUT2D eigenvalue weighted by molar-refractivity contribution is -0.131. The first-order chi connectivity index (χ1) is 14.4. The fourth-order valence-corrected chi connectivity index (χ4v) is 3.52. The van der Waals surface area contributed by atoms with Crippen molar-refractivity contribution in [2.24, 2.45) is 0 Å². The number of hydrogen-bond donors (Lipinski definition) is 1. The molecular formula is C22H30ClN5O2. The molecular weight excluding hydrogens is 402 g/mol. The molecule has 1 aliphatic rings. The first kappa shape index (κ1) is 22.3. The number of benzene rings is 1. The van der Waals surface area contributed by atoms with Gasteiger partial charge in [-0.2, -0.15) is 0 Å². The number of rotatable bonds is 8. The number of nitrogens with one attached hydrogen (secondary N) is 1. The SMILES string of the molecule is CN(Cc1nc([C@H]2CCCNC2)cc(N(C)C)n1)C(=O)CCOc1ccc(Cl)cc1. The van der Waals surface area contributed by atoms with Crippen LogP contribution in [-0.2, 0) is 11.3 Å². The number of hydrogen-bond acceptors (Lipinski definition) is 6. The highest BCUT2D eigenvalue weighted by molar-refractivity contribution is 6.30. The minimum atomic E-state index is -0.0105. The monoisotopic (exact) mass is 431 g/mol. The van der Waals surface area contributed by atoms with Gasteiger partial charge in [0.25, 0.3) is 0 Å². The molecule has 1 N–H and O–H groups in total. The van der Waals surface area contributed by atoms with Crippen molar-refractivity contribution in [1.29, 1.82) is 0 Å². The lowest BCUT2D eigenvalue weighted by atomic mass is 9.96. The van der Waals surface area contributed by atoms with Crippen LogP contribution >= 0.6 is 11.6 Å². The fourth-order valence-electron chi connectivity index (χ4n) is 3.39. The molecule has 162 valence electrons. The smallest absolute Gasteiger partial charge is 0.226 e. The zero-order valence-electron chi connectivity index (χ0n) is 17.9. The van der Waals surface area contributed by atoms with Crippen molar-refractivity contribution in [3.63, 3.8) is 0 Å². The molecule has 1 aromatic heterocycles. The molecule has 1 fully saturated rings. The summed E-state index contributed by atoms with van der Waals surface area (Å²) in [4.78, 5) is 25.6. The number of anilines is 1. The van der Waals surface area contributed by atoms with E-state index in [0.717, 1.165) is 37.4 Å². The number of amides is 1. The quantitative estimate of drug-likeness (QED) is 0.692. The van der Waals surface area contributed by atoms with Crippen LogP contribution in [0.5, 0.6) is 5.75 Å². The lowest BCUT2D eigenvalue weighted by Crippen LogP contribution is -2.31. The van der Waals surface area contributed by atoms with E-state index in [4.69, 9.17) is 21.3 Å². The van der Waals surface area contributed by atoms with E-state index in [1.807, 2.05) is 19.0 Å². The summed E-state index contributed by atoms with van der Waals surface area (Å²) in [6, 6.07) is 9.17. The van der Waals surface area contributed by atoms with E-state index in [-0.39, 0.29) is 12.3 Å². The van der Waals surface area contributed by atoms with E-state index >= 15 is 0 Å². The first-order valence-corrected chi connectivity index (χ1v) is 10.7. The van der Waals surface area contributed by atoms with Crippen LogP contribution in [0.25, 0.3) is 0 Å². The summed E-state index contributed by atoms with van der Waals surface area (Å²) in [5.74, 6) is 2.60. The van der Waals surface area contributed by atoms with Crippen LogP contribution in [0.2, 0.25) is 5.02 Å². The van der Waals surface area contributed by atoms with E-state index in [1.54, 1.807) is 36.2 Å². The third-order valence-corrected chi connectivity index (χ3v) is 5.41. The molecule has 1 amide bonds. The van der Waals surface area contributed by atoms with Crippen LogP contribution in [-0.4, -0.2) is 61.6 Å². The lowest BCUT2D eigenvalue weighted by Gasteiger charge is -2.24. The number of piperidine rings is 1. The molecule has 0 aliphatic carbocycles. The zero-order valence-corrected chi connectivity index (χ0v) is 18.7. The van der Waals surface area contributed by atoms with Gasteiger partial charge in [-0.1, -0.05) is 11.6 Å². The van der Waals surface area contributed by atoms with Crippen molar-refractivity contribution < 1.29 is 9.53 Å². The van der Waals surface area contributed by atoms with Crippen molar-refractivity contribution >= 4 is 23.3 Å². The molecule has 0 bridgehead atoms. The Balaban J connectivity index is 1.59. The van der Waals surface area contributed by atoms with Gasteiger partial charge in [0.05, 0.1) is 25.3 Å². The van der Waals surface area contributed by atoms with Gasteiger partial charge in [-0.15, -0.1) is 0 Å². The van der Waals surface area contributed by atoms with Crippen LogP contribution in [0.15, 0.2) is 30.3 Å². The van der Waals surface area contributed by atoms with Gasteiger partial charge in [0.2, 0.25) is 5.91 Å². The molecule has 7 nitrogen and oxygen atoms in total.